The van der Waals surface area contributed by atoms with Crippen molar-refractivity contribution >= 4 is 24.2 Å². The van der Waals surface area contributed by atoms with Gasteiger partial charge in [-0.05, 0) is 52.0 Å². The number of hydrogen-bond acceptors (Lipinski definition) is 3. The topological polar surface area (TPSA) is 31.4 Å². The largest absolute Gasteiger partial charge is 0.498 e. The molecule has 3 rings (SSSR count). The van der Waals surface area contributed by atoms with Crippen LogP contribution in [0.25, 0.3) is 0 Å². The summed E-state index contributed by atoms with van der Waals surface area (Å²) in [7, 11) is -0.427. The Morgan fingerprint density at radius 3 is 2.32 bits per heavy atom. The Balaban J connectivity index is 1.92. The maximum absolute atomic E-state index is 6.22. The second-order valence-electron chi connectivity index (χ2n) is 6.51. The van der Waals surface area contributed by atoms with Crippen LogP contribution in [0.5, 0.6) is 0 Å². The first-order valence-corrected chi connectivity index (χ1v) is 7.19. The van der Waals surface area contributed by atoms with Gasteiger partial charge in [0.2, 0.25) is 0 Å². The molecule has 0 atom stereocenters. The van der Waals surface area contributed by atoms with E-state index >= 15 is 0 Å². The molecule has 1 aliphatic carbocycles. The second-order valence-corrected chi connectivity index (χ2v) is 6.87. The Bertz CT molecular complexity index is 498. The fourth-order valence-electron chi connectivity index (χ4n) is 2.26. The first-order chi connectivity index (χ1) is 8.80. The maximum atomic E-state index is 6.22. The van der Waals surface area contributed by atoms with Gasteiger partial charge in [0, 0.05) is 11.7 Å². The van der Waals surface area contributed by atoms with E-state index in [1.54, 1.807) is 0 Å². The molecule has 3 nitrogen and oxygen atoms in total. The molecule has 102 valence electrons. The quantitative estimate of drug-likeness (QED) is 0.616. The highest BCUT2D eigenvalue weighted by atomic mass is 35.5. The lowest BCUT2D eigenvalue weighted by atomic mass is 9.79. The zero-order chi connectivity index (χ0) is 13.8. The minimum atomic E-state index is -0.427. The van der Waals surface area contributed by atoms with Gasteiger partial charge < -0.3 is 9.31 Å². The van der Waals surface area contributed by atoms with Crippen molar-refractivity contribution in [2.24, 2.45) is 0 Å². The molecule has 1 saturated heterocycles. The molecule has 1 aliphatic heterocycles. The Labute approximate surface area is 119 Å². The first kappa shape index (κ1) is 13.4. The number of nitrogens with zero attached hydrogens (tertiary/aromatic N) is 1. The van der Waals surface area contributed by atoms with Gasteiger partial charge in [-0.2, -0.15) is 0 Å². The summed E-state index contributed by atoms with van der Waals surface area (Å²) in [6, 6.07) is 2.09. The highest BCUT2D eigenvalue weighted by molar-refractivity contribution is 6.65. The van der Waals surface area contributed by atoms with Crippen LogP contribution in [0.3, 0.4) is 0 Å². The van der Waals surface area contributed by atoms with Crippen LogP contribution in [0.4, 0.5) is 0 Å². The standard InChI is InChI=1S/C14H19BClNO2/c1-13(2)14(3,4)19-15(18-13)11-7-10(9-5-6-9)8-17-12(11)16/h7-9H,5-6H2,1-4H3. The predicted octanol–water partition coefficient (Wildman–Crippen LogP) is 2.91. The normalized spacial score (nSPS) is 24.8. The van der Waals surface area contributed by atoms with E-state index in [0.29, 0.717) is 11.1 Å². The van der Waals surface area contributed by atoms with Gasteiger partial charge in [0.25, 0.3) is 0 Å². The van der Waals surface area contributed by atoms with Gasteiger partial charge in [-0.1, -0.05) is 17.7 Å². The van der Waals surface area contributed by atoms with Crippen LogP contribution < -0.4 is 5.46 Å². The van der Waals surface area contributed by atoms with Crippen LogP contribution in [-0.4, -0.2) is 23.3 Å². The van der Waals surface area contributed by atoms with E-state index < -0.39 is 7.12 Å². The molecule has 2 heterocycles. The van der Waals surface area contributed by atoms with E-state index in [4.69, 9.17) is 20.9 Å². The smallest absolute Gasteiger partial charge is 0.399 e. The average Bonchev–Trinajstić information content (AvgIpc) is 3.08. The third kappa shape index (κ3) is 2.30. The minimum Gasteiger partial charge on any atom is -0.399 e. The van der Waals surface area contributed by atoms with Gasteiger partial charge in [0.1, 0.15) is 5.15 Å². The zero-order valence-corrected chi connectivity index (χ0v) is 12.6. The van der Waals surface area contributed by atoms with Crippen LogP contribution in [0.1, 0.15) is 52.0 Å². The summed E-state index contributed by atoms with van der Waals surface area (Å²) in [6.45, 7) is 8.16. The molecule has 0 spiro atoms. The summed E-state index contributed by atoms with van der Waals surface area (Å²) in [5.41, 5.74) is 1.39. The van der Waals surface area contributed by atoms with Crippen molar-refractivity contribution < 1.29 is 9.31 Å². The monoisotopic (exact) mass is 279 g/mol. The Kier molecular flexibility index (Phi) is 2.97. The molecule has 0 radical (unpaired) electrons. The lowest BCUT2D eigenvalue weighted by Crippen LogP contribution is -2.41. The molecule has 0 amide bonds. The molecule has 0 N–H and O–H groups in total. The number of halogens is 1. The molecule has 2 fully saturated rings. The molecule has 1 aromatic heterocycles. The van der Waals surface area contributed by atoms with Crippen molar-refractivity contribution in [1.29, 1.82) is 0 Å². The molecule has 2 aliphatic rings. The Morgan fingerprint density at radius 1 is 1.21 bits per heavy atom. The minimum absolute atomic E-state index is 0.351. The number of rotatable bonds is 2. The highest BCUT2D eigenvalue weighted by Crippen LogP contribution is 2.40. The van der Waals surface area contributed by atoms with Crippen LogP contribution in [0.15, 0.2) is 12.3 Å². The van der Waals surface area contributed by atoms with E-state index in [2.05, 4.69) is 11.1 Å². The van der Waals surface area contributed by atoms with Crippen LogP contribution in [-0.2, 0) is 9.31 Å². The first-order valence-electron chi connectivity index (χ1n) is 6.81. The van der Waals surface area contributed by atoms with Crippen molar-refractivity contribution in [3.63, 3.8) is 0 Å². The Morgan fingerprint density at radius 2 is 1.79 bits per heavy atom. The van der Waals surface area contributed by atoms with Crippen molar-refractivity contribution in [2.45, 2.75) is 57.7 Å². The summed E-state index contributed by atoms with van der Waals surface area (Å²) >= 11 is 6.22. The van der Waals surface area contributed by atoms with E-state index in [1.807, 2.05) is 33.9 Å². The van der Waals surface area contributed by atoms with Gasteiger partial charge in [-0.3, -0.25) is 0 Å². The molecule has 0 aromatic carbocycles. The summed E-state index contributed by atoms with van der Waals surface area (Å²) in [4.78, 5) is 4.29. The van der Waals surface area contributed by atoms with Gasteiger partial charge in [-0.15, -0.1) is 0 Å². The van der Waals surface area contributed by atoms with E-state index in [1.165, 1.54) is 18.4 Å². The highest BCUT2D eigenvalue weighted by Gasteiger charge is 2.52. The summed E-state index contributed by atoms with van der Waals surface area (Å²) < 4.78 is 12.1. The van der Waals surface area contributed by atoms with Crippen LogP contribution in [0, 0.1) is 0 Å². The molecular weight excluding hydrogens is 260 g/mol. The molecule has 0 unspecified atom stereocenters. The van der Waals surface area contributed by atoms with Gasteiger partial charge >= 0.3 is 7.12 Å². The number of hydrogen-bond donors (Lipinski definition) is 0. The number of aromatic nitrogens is 1. The fraction of sp³-hybridized carbons (Fsp3) is 0.643. The van der Waals surface area contributed by atoms with E-state index in [-0.39, 0.29) is 11.2 Å². The van der Waals surface area contributed by atoms with E-state index in [9.17, 15) is 0 Å². The number of pyridine rings is 1. The van der Waals surface area contributed by atoms with Gasteiger partial charge in [0.15, 0.2) is 0 Å². The molecule has 1 aromatic rings. The fourth-order valence-corrected chi connectivity index (χ4v) is 2.45. The van der Waals surface area contributed by atoms with Crippen molar-refractivity contribution in [3.8, 4) is 0 Å². The van der Waals surface area contributed by atoms with Crippen molar-refractivity contribution in [3.05, 3.63) is 23.0 Å². The lowest BCUT2D eigenvalue weighted by molar-refractivity contribution is 0.00578. The van der Waals surface area contributed by atoms with Crippen molar-refractivity contribution in [1.82, 2.24) is 4.98 Å². The van der Waals surface area contributed by atoms with Crippen LogP contribution >= 0.6 is 11.6 Å². The summed E-state index contributed by atoms with van der Waals surface area (Å²) in [5, 5.41) is 0.475. The molecule has 19 heavy (non-hydrogen) atoms. The molecular formula is C14H19BClNO2. The van der Waals surface area contributed by atoms with Crippen molar-refractivity contribution in [2.75, 3.05) is 0 Å². The Hall–Kier alpha value is -0.575. The second kappa shape index (κ2) is 4.21. The molecule has 5 heteroatoms. The predicted molar refractivity (Wildman–Crippen MR) is 76.9 cm³/mol. The molecule has 1 saturated carbocycles. The maximum Gasteiger partial charge on any atom is 0.498 e. The third-order valence-corrected chi connectivity index (χ3v) is 4.76. The summed E-state index contributed by atoms with van der Waals surface area (Å²) in [5.74, 6) is 0.644. The van der Waals surface area contributed by atoms with E-state index in [0.717, 1.165) is 5.46 Å². The zero-order valence-electron chi connectivity index (χ0n) is 11.9. The molecule has 0 bridgehead atoms. The summed E-state index contributed by atoms with van der Waals surface area (Å²) in [6.07, 6.45) is 4.35. The third-order valence-electron chi connectivity index (χ3n) is 4.44. The van der Waals surface area contributed by atoms with Crippen LogP contribution in [0.2, 0.25) is 5.15 Å². The van der Waals surface area contributed by atoms with Gasteiger partial charge in [-0.25, -0.2) is 4.98 Å². The van der Waals surface area contributed by atoms with Gasteiger partial charge in [0.05, 0.1) is 11.2 Å². The SMILES string of the molecule is CC1(C)OB(c2cc(C3CC3)cnc2Cl)OC1(C)C. The average molecular weight is 280 g/mol. The lowest BCUT2D eigenvalue weighted by Gasteiger charge is -2.32.